The summed E-state index contributed by atoms with van der Waals surface area (Å²) in [5, 5.41) is 13.4. The van der Waals surface area contributed by atoms with Crippen LogP contribution in [0.1, 0.15) is 45.1 Å². The van der Waals surface area contributed by atoms with Crippen molar-refractivity contribution in [3.63, 3.8) is 0 Å². The summed E-state index contributed by atoms with van der Waals surface area (Å²) in [7, 11) is 0. The standard InChI is InChI=1S/C18H26N2O2/c1-3-18(2,11-12-21)20-17(22)10-6-7-14-13-19-16-9-5-4-8-15(14)16/h4-5,8-9,13,19,21H,3,6-7,10-12H2,1-2H3,(H,20,22). The van der Waals surface area contributed by atoms with Gasteiger partial charge < -0.3 is 15.4 Å². The van der Waals surface area contributed by atoms with Gasteiger partial charge in [0, 0.05) is 35.7 Å². The van der Waals surface area contributed by atoms with Crippen molar-refractivity contribution < 1.29 is 9.90 Å². The number of aromatic amines is 1. The van der Waals surface area contributed by atoms with E-state index in [1.165, 1.54) is 10.9 Å². The molecule has 1 atom stereocenters. The number of H-pyrrole nitrogens is 1. The number of aliphatic hydroxyl groups is 1. The highest BCUT2D eigenvalue weighted by atomic mass is 16.3. The number of aliphatic hydroxyl groups excluding tert-OH is 1. The second kappa shape index (κ2) is 7.45. The van der Waals surface area contributed by atoms with Gasteiger partial charge in [0.25, 0.3) is 0 Å². The molecule has 0 aliphatic heterocycles. The van der Waals surface area contributed by atoms with Crippen LogP contribution in [0.4, 0.5) is 0 Å². The van der Waals surface area contributed by atoms with E-state index in [4.69, 9.17) is 5.11 Å². The molecule has 0 aliphatic rings. The summed E-state index contributed by atoms with van der Waals surface area (Å²) in [5.74, 6) is 0.0673. The number of para-hydroxylation sites is 1. The van der Waals surface area contributed by atoms with Gasteiger partial charge in [-0.25, -0.2) is 0 Å². The SMILES string of the molecule is CCC(C)(CCO)NC(=O)CCCc1c[nH]c2ccccc12. The first-order chi connectivity index (χ1) is 10.6. The van der Waals surface area contributed by atoms with Crippen LogP contribution in [-0.2, 0) is 11.2 Å². The van der Waals surface area contributed by atoms with E-state index in [2.05, 4.69) is 22.4 Å². The number of aryl methyl sites for hydroxylation is 1. The van der Waals surface area contributed by atoms with Gasteiger partial charge in [-0.1, -0.05) is 25.1 Å². The molecule has 4 nitrogen and oxygen atoms in total. The van der Waals surface area contributed by atoms with Gasteiger partial charge in [0.2, 0.25) is 5.91 Å². The Morgan fingerprint density at radius 1 is 1.36 bits per heavy atom. The molecule has 0 aliphatic carbocycles. The highest BCUT2D eigenvalue weighted by Gasteiger charge is 2.23. The largest absolute Gasteiger partial charge is 0.396 e. The molecule has 0 saturated carbocycles. The average Bonchev–Trinajstić information content (AvgIpc) is 2.91. The monoisotopic (exact) mass is 302 g/mol. The summed E-state index contributed by atoms with van der Waals surface area (Å²) in [5.41, 5.74) is 2.10. The third kappa shape index (κ3) is 4.10. The number of carbonyl (C=O) groups excluding carboxylic acids is 1. The van der Waals surface area contributed by atoms with E-state index in [0.717, 1.165) is 24.8 Å². The van der Waals surface area contributed by atoms with Crippen molar-refractivity contribution in [1.82, 2.24) is 10.3 Å². The molecule has 0 saturated heterocycles. The summed E-state index contributed by atoms with van der Waals surface area (Å²) >= 11 is 0. The van der Waals surface area contributed by atoms with Gasteiger partial charge in [-0.3, -0.25) is 4.79 Å². The van der Waals surface area contributed by atoms with Gasteiger partial charge in [0.15, 0.2) is 0 Å². The number of amides is 1. The molecule has 1 unspecified atom stereocenters. The third-order valence-corrected chi connectivity index (χ3v) is 4.41. The summed E-state index contributed by atoms with van der Waals surface area (Å²) in [6.07, 6.45) is 5.68. The van der Waals surface area contributed by atoms with Crippen LogP contribution in [0.5, 0.6) is 0 Å². The quantitative estimate of drug-likeness (QED) is 0.701. The Hall–Kier alpha value is -1.81. The van der Waals surface area contributed by atoms with E-state index >= 15 is 0 Å². The highest BCUT2D eigenvalue weighted by Crippen LogP contribution is 2.20. The van der Waals surface area contributed by atoms with E-state index < -0.39 is 0 Å². The summed E-state index contributed by atoms with van der Waals surface area (Å²) < 4.78 is 0. The topological polar surface area (TPSA) is 65.1 Å². The van der Waals surface area contributed by atoms with E-state index in [1.54, 1.807) is 0 Å². The van der Waals surface area contributed by atoms with Crippen LogP contribution in [0.15, 0.2) is 30.5 Å². The predicted molar refractivity (Wildman–Crippen MR) is 89.8 cm³/mol. The Bertz CT molecular complexity index is 620. The zero-order valence-corrected chi connectivity index (χ0v) is 13.5. The van der Waals surface area contributed by atoms with Gasteiger partial charge in [0.05, 0.1) is 0 Å². The Balaban J connectivity index is 1.84. The molecule has 2 rings (SSSR count). The number of aromatic nitrogens is 1. The number of hydrogen-bond acceptors (Lipinski definition) is 2. The van der Waals surface area contributed by atoms with E-state index in [-0.39, 0.29) is 18.1 Å². The molecular weight excluding hydrogens is 276 g/mol. The summed E-state index contributed by atoms with van der Waals surface area (Å²) in [4.78, 5) is 15.3. The average molecular weight is 302 g/mol. The first kappa shape index (κ1) is 16.6. The number of benzene rings is 1. The lowest BCUT2D eigenvalue weighted by Gasteiger charge is -2.29. The van der Waals surface area contributed by atoms with Crippen LogP contribution in [0, 0.1) is 0 Å². The number of nitrogens with one attached hydrogen (secondary N) is 2. The van der Waals surface area contributed by atoms with Crippen LogP contribution < -0.4 is 5.32 Å². The molecule has 0 fully saturated rings. The molecule has 0 bridgehead atoms. The predicted octanol–water partition coefficient (Wildman–Crippen LogP) is 3.16. The molecule has 0 spiro atoms. The molecule has 3 N–H and O–H groups in total. The number of hydrogen-bond donors (Lipinski definition) is 3. The molecule has 1 amide bonds. The van der Waals surface area contributed by atoms with Crippen molar-refractivity contribution in [3.8, 4) is 0 Å². The molecule has 4 heteroatoms. The van der Waals surface area contributed by atoms with Crippen molar-refractivity contribution in [3.05, 3.63) is 36.0 Å². The minimum absolute atomic E-state index is 0.0673. The second-order valence-corrected chi connectivity index (χ2v) is 6.15. The molecular formula is C18H26N2O2. The van der Waals surface area contributed by atoms with E-state index in [9.17, 15) is 4.79 Å². The smallest absolute Gasteiger partial charge is 0.220 e. The lowest BCUT2D eigenvalue weighted by atomic mass is 9.94. The maximum absolute atomic E-state index is 12.1. The second-order valence-electron chi connectivity index (χ2n) is 6.15. The normalized spacial score (nSPS) is 14.0. The Labute approximate surface area is 131 Å². The first-order valence-electron chi connectivity index (χ1n) is 8.05. The fourth-order valence-electron chi connectivity index (χ4n) is 2.75. The molecule has 22 heavy (non-hydrogen) atoms. The van der Waals surface area contributed by atoms with Crippen molar-refractivity contribution in [2.75, 3.05) is 6.61 Å². The first-order valence-corrected chi connectivity index (χ1v) is 8.05. The Morgan fingerprint density at radius 2 is 2.14 bits per heavy atom. The number of fused-ring (bicyclic) bond motifs is 1. The number of carbonyl (C=O) groups is 1. The van der Waals surface area contributed by atoms with Gasteiger partial charge in [-0.05, 0) is 44.2 Å². The summed E-state index contributed by atoms with van der Waals surface area (Å²) in [6, 6.07) is 8.22. The van der Waals surface area contributed by atoms with Crippen LogP contribution in [0.25, 0.3) is 10.9 Å². The lowest BCUT2D eigenvalue weighted by molar-refractivity contribution is -0.123. The Kier molecular flexibility index (Phi) is 5.61. The fourth-order valence-corrected chi connectivity index (χ4v) is 2.75. The van der Waals surface area contributed by atoms with Crippen molar-refractivity contribution in [2.24, 2.45) is 0 Å². The molecule has 2 aromatic rings. The van der Waals surface area contributed by atoms with Crippen LogP contribution in [0.3, 0.4) is 0 Å². The fraction of sp³-hybridized carbons (Fsp3) is 0.500. The van der Waals surface area contributed by atoms with Gasteiger partial charge in [0.1, 0.15) is 0 Å². The minimum atomic E-state index is -0.299. The van der Waals surface area contributed by atoms with Crippen molar-refractivity contribution >= 4 is 16.8 Å². The van der Waals surface area contributed by atoms with Gasteiger partial charge in [-0.15, -0.1) is 0 Å². The van der Waals surface area contributed by atoms with Crippen LogP contribution in [0.2, 0.25) is 0 Å². The van der Waals surface area contributed by atoms with Crippen LogP contribution >= 0.6 is 0 Å². The minimum Gasteiger partial charge on any atom is -0.396 e. The van der Waals surface area contributed by atoms with Crippen molar-refractivity contribution in [1.29, 1.82) is 0 Å². The highest BCUT2D eigenvalue weighted by molar-refractivity contribution is 5.83. The van der Waals surface area contributed by atoms with Gasteiger partial charge in [-0.2, -0.15) is 0 Å². The third-order valence-electron chi connectivity index (χ3n) is 4.41. The molecule has 120 valence electrons. The molecule has 1 heterocycles. The van der Waals surface area contributed by atoms with Crippen molar-refractivity contribution in [2.45, 2.75) is 51.5 Å². The van der Waals surface area contributed by atoms with Gasteiger partial charge >= 0.3 is 0 Å². The maximum atomic E-state index is 12.1. The van der Waals surface area contributed by atoms with E-state index in [0.29, 0.717) is 12.8 Å². The number of rotatable bonds is 8. The van der Waals surface area contributed by atoms with Crippen LogP contribution in [-0.4, -0.2) is 28.1 Å². The summed E-state index contributed by atoms with van der Waals surface area (Å²) in [6.45, 7) is 4.11. The zero-order valence-electron chi connectivity index (χ0n) is 13.5. The van der Waals surface area contributed by atoms with E-state index in [1.807, 2.05) is 32.2 Å². The molecule has 1 aromatic heterocycles. The zero-order chi connectivity index (χ0) is 16.0. The lowest BCUT2D eigenvalue weighted by Crippen LogP contribution is -2.46. The maximum Gasteiger partial charge on any atom is 0.220 e. The molecule has 0 radical (unpaired) electrons. The molecule has 1 aromatic carbocycles. The Morgan fingerprint density at radius 3 is 2.86 bits per heavy atom.